The van der Waals surface area contributed by atoms with Crippen molar-refractivity contribution in [3.63, 3.8) is 0 Å². The van der Waals surface area contributed by atoms with Gasteiger partial charge in [-0.1, -0.05) is 6.58 Å². The fourth-order valence-electron chi connectivity index (χ4n) is 1.71. The number of carbonyl (C=O) groups is 2. The van der Waals surface area contributed by atoms with E-state index in [0.717, 1.165) is 5.69 Å². The van der Waals surface area contributed by atoms with Crippen LogP contribution in [0.1, 0.15) is 0 Å². The number of hydrogen-bond donors (Lipinski definition) is 1. The summed E-state index contributed by atoms with van der Waals surface area (Å²) in [6.07, 6.45) is 1.21. The summed E-state index contributed by atoms with van der Waals surface area (Å²) in [7, 11) is 0. The third-order valence-electron chi connectivity index (χ3n) is 2.62. The Labute approximate surface area is 105 Å². The molecule has 1 N–H and O–H groups in total. The summed E-state index contributed by atoms with van der Waals surface area (Å²) in [6.45, 7) is 4.59. The molecular weight excluding hydrogens is 232 g/mol. The molecular formula is C13H14N2O3. The summed E-state index contributed by atoms with van der Waals surface area (Å²) >= 11 is 0. The molecule has 0 unspecified atom stereocenters. The van der Waals surface area contributed by atoms with E-state index >= 15 is 0 Å². The van der Waals surface area contributed by atoms with E-state index in [-0.39, 0.29) is 18.4 Å². The standard InChI is InChI=1S/C13H14N2O3/c1-2-12(16)14-10-3-5-11(6-4-10)15-7-8-18-9-13(15)17/h2-6H,1,7-9H2,(H,14,16). The van der Waals surface area contributed by atoms with Crippen molar-refractivity contribution in [3.05, 3.63) is 36.9 Å². The molecule has 0 bridgehead atoms. The maximum atomic E-state index is 11.6. The molecule has 0 saturated carbocycles. The van der Waals surface area contributed by atoms with Crippen molar-refractivity contribution in [2.45, 2.75) is 0 Å². The van der Waals surface area contributed by atoms with Gasteiger partial charge in [0.2, 0.25) is 5.91 Å². The highest BCUT2D eigenvalue weighted by Crippen LogP contribution is 2.19. The molecule has 1 aliphatic heterocycles. The maximum Gasteiger partial charge on any atom is 0.253 e. The smallest absolute Gasteiger partial charge is 0.253 e. The number of anilines is 2. The first-order chi connectivity index (χ1) is 8.70. The largest absolute Gasteiger partial charge is 0.370 e. The summed E-state index contributed by atoms with van der Waals surface area (Å²) in [5.41, 5.74) is 1.48. The van der Waals surface area contributed by atoms with Crippen molar-refractivity contribution in [1.82, 2.24) is 0 Å². The average Bonchev–Trinajstić information content (AvgIpc) is 2.40. The molecule has 2 rings (SSSR count). The Balaban J connectivity index is 2.09. The lowest BCUT2D eigenvalue weighted by Gasteiger charge is -2.26. The Hall–Kier alpha value is -2.14. The molecule has 1 heterocycles. The van der Waals surface area contributed by atoms with Crippen LogP contribution in [0.3, 0.4) is 0 Å². The lowest BCUT2D eigenvalue weighted by Crippen LogP contribution is -2.41. The molecule has 1 aromatic rings. The molecule has 5 nitrogen and oxygen atoms in total. The predicted molar refractivity (Wildman–Crippen MR) is 68.4 cm³/mol. The van der Waals surface area contributed by atoms with Gasteiger partial charge in [-0.25, -0.2) is 0 Å². The zero-order valence-corrected chi connectivity index (χ0v) is 9.89. The number of benzene rings is 1. The molecule has 94 valence electrons. The van der Waals surface area contributed by atoms with Crippen LogP contribution in [-0.4, -0.2) is 31.6 Å². The van der Waals surface area contributed by atoms with Gasteiger partial charge in [-0.15, -0.1) is 0 Å². The van der Waals surface area contributed by atoms with Crippen LogP contribution >= 0.6 is 0 Å². The van der Waals surface area contributed by atoms with Gasteiger partial charge in [0.1, 0.15) is 6.61 Å². The third-order valence-corrected chi connectivity index (χ3v) is 2.62. The first-order valence-corrected chi connectivity index (χ1v) is 5.62. The molecule has 1 fully saturated rings. The van der Waals surface area contributed by atoms with Gasteiger partial charge in [0.05, 0.1) is 6.61 Å². The fourth-order valence-corrected chi connectivity index (χ4v) is 1.71. The van der Waals surface area contributed by atoms with Crippen molar-refractivity contribution >= 4 is 23.2 Å². The normalized spacial score (nSPS) is 15.3. The summed E-state index contributed by atoms with van der Waals surface area (Å²) in [6, 6.07) is 7.09. The molecule has 18 heavy (non-hydrogen) atoms. The Bertz CT molecular complexity index is 468. The van der Waals surface area contributed by atoms with Gasteiger partial charge in [0.25, 0.3) is 5.91 Å². The molecule has 1 saturated heterocycles. The summed E-state index contributed by atoms with van der Waals surface area (Å²) in [4.78, 5) is 24.4. The van der Waals surface area contributed by atoms with Crippen LogP contribution in [0, 0.1) is 0 Å². The zero-order valence-electron chi connectivity index (χ0n) is 9.89. The molecule has 5 heteroatoms. The monoisotopic (exact) mass is 246 g/mol. The molecule has 2 amide bonds. The van der Waals surface area contributed by atoms with Crippen molar-refractivity contribution in [1.29, 1.82) is 0 Å². The van der Waals surface area contributed by atoms with E-state index in [1.54, 1.807) is 29.2 Å². The van der Waals surface area contributed by atoms with Crippen LogP contribution in [0.25, 0.3) is 0 Å². The average molecular weight is 246 g/mol. The first kappa shape index (κ1) is 12.3. The Kier molecular flexibility index (Phi) is 3.74. The van der Waals surface area contributed by atoms with Crippen molar-refractivity contribution in [2.24, 2.45) is 0 Å². The highest BCUT2D eigenvalue weighted by atomic mass is 16.5. The van der Waals surface area contributed by atoms with E-state index in [2.05, 4.69) is 11.9 Å². The SMILES string of the molecule is C=CC(=O)Nc1ccc(N2CCOCC2=O)cc1. The summed E-state index contributed by atoms with van der Waals surface area (Å²) < 4.78 is 5.07. The Morgan fingerprint density at radius 1 is 1.39 bits per heavy atom. The summed E-state index contributed by atoms with van der Waals surface area (Å²) in [5.74, 6) is -0.311. The number of morpholine rings is 1. The fraction of sp³-hybridized carbons (Fsp3) is 0.231. The van der Waals surface area contributed by atoms with E-state index in [4.69, 9.17) is 4.74 Å². The maximum absolute atomic E-state index is 11.6. The molecule has 0 spiro atoms. The van der Waals surface area contributed by atoms with Gasteiger partial charge in [-0.2, -0.15) is 0 Å². The molecule has 0 aromatic heterocycles. The molecule has 0 atom stereocenters. The molecule has 1 aromatic carbocycles. The lowest BCUT2D eigenvalue weighted by atomic mass is 10.2. The van der Waals surface area contributed by atoms with E-state index in [9.17, 15) is 9.59 Å². The number of nitrogens with zero attached hydrogens (tertiary/aromatic N) is 1. The number of amides is 2. The van der Waals surface area contributed by atoms with Gasteiger partial charge in [0.15, 0.2) is 0 Å². The van der Waals surface area contributed by atoms with E-state index in [1.807, 2.05) is 0 Å². The summed E-state index contributed by atoms with van der Waals surface area (Å²) in [5, 5.41) is 2.65. The Morgan fingerprint density at radius 3 is 2.72 bits per heavy atom. The number of nitrogens with one attached hydrogen (secondary N) is 1. The third kappa shape index (κ3) is 2.75. The Morgan fingerprint density at radius 2 is 2.11 bits per heavy atom. The van der Waals surface area contributed by atoms with E-state index in [1.165, 1.54) is 6.08 Å². The van der Waals surface area contributed by atoms with Crippen LogP contribution in [0.4, 0.5) is 11.4 Å². The molecule has 0 radical (unpaired) electrons. The number of ether oxygens (including phenoxy) is 1. The lowest BCUT2D eigenvalue weighted by molar-refractivity contribution is -0.125. The number of rotatable bonds is 3. The van der Waals surface area contributed by atoms with Crippen molar-refractivity contribution in [2.75, 3.05) is 30.0 Å². The van der Waals surface area contributed by atoms with Crippen molar-refractivity contribution in [3.8, 4) is 0 Å². The van der Waals surface area contributed by atoms with Gasteiger partial charge >= 0.3 is 0 Å². The quantitative estimate of drug-likeness (QED) is 0.814. The highest BCUT2D eigenvalue weighted by molar-refractivity contribution is 5.99. The minimum Gasteiger partial charge on any atom is -0.370 e. The van der Waals surface area contributed by atoms with Crippen LogP contribution in [0.15, 0.2) is 36.9 Å². The van der Waals surface area contributed by atoms with Crippen LogP contribution < -0.4 is 10.2 Å². The van der Waals surface area contributed by atoms with Gasteiger partial charge in [-0.05, 0) is 30.3 Å². The van der Waals surface area contributed by atoms with Crippen LogP contribution in [0.5, 0.6) is 0 Å². The second-order valence-corrected chi connectivity index (χ2v) is 3.84. The van der Waals surface area contributed by atoms with Gasteiger partial charge in [0, 0.05) is 17.9 Å². The molecule has 0 aliphatic carbocycles. The number of hydrogen-bond acceptors (Lipinski definition) is 3. The van der Waals surface area contributed by atoms with Crippen LogP contribution in [-0.2, 0) is 14.3 Å². The highest BCUT2D eigenvalue weighted by Gasteiger charge is 2.19. The van der Waals surface area contributed by atoms with Crippen molar-refractivity contribution < 1.29 is 14.3 Å². The van der Waals surface area contributed by atoms with Gasteiger partial charge in [-0.3, -0.25) is 9.59 Å². The zero-order chi connectivity index (χ0) is 13.0. The minimum atomic E-state index is -0.259. The van der Waals surface area contributed by atoms with E-state index in [0.29, 0.717) is 18.8 Å². The predicted octanol–water partition coefficient (Wildman–Crippen LogP) is 1.17. The molecule has 1 aliphatic rings. The van der Waals surface area contributed by atoms with Gasteiger partial charge < -0.3 is 15.0 Å². The minimum absolute atomic E-state index is 0.0517. The van der Waals surface area contributed by atoms with E-state index < -0.39 is 0 Å². The number of carbonyl (C=O) groups excluding carboxylic acids is 2. The second-order valence-electron chi connectivity index (χ2n) is 3.84. The second kappa shape index (κ2) is 5.46. The topological polar surface area (TPSA) is 58.6 Å². The first-order valence-electron chi connectivity index (χ1n) is 5.62. The van der Waals surface area contributed by atoms with Crippen LogP contribution in [0.2, 0.25) is 0 Å².